The zero-order valence-corrected chi connectivity index (χ0v) is 8.51. The maximum absolute atomic E-state index is 10.5. The van der Waals surface area contributed by atoms with Gasteiger partial charge in [0.15, 0.2) is 0 Å². The van der Waals surface area contributed by atoms with Gasteiger partial charge in [-0.3, -0.25) is 10.1 Å². The molecule has 1 N–H and O–H groups in total. The van der Waals surface area contributed by atoms with Gasteiger partial charge in [0.25, 0.3) is 5.69 Å². The molecule has 2 rings (SSSR count). The lowest BCUT2D eigenvalue weighted by Crippen LogP contribution is -1.87. The van der Waals surface area contributed by atoms with Gasteiger partial charge >= 0.3 is 0 Å². The van der Waals surface area contributed by atoms with Crippen LogP contribution in [0.3, 0.4) is 0 Å². The van der Waals surface area contributed by atoms with Gasteiger partial charge in [0.2, 0.25) is 0 Å². The first-order valence-electron chi connectivity index (χ1n) is 3.67. The summed E-state index contributed by atoms with van der Waals surface area (Å²) in [5.74, 6) is 0.116. The topological polar surface area (TPSA) is 63.4 Å². The van der Waals surface area contributed by atoms with E-state index in [1.54, 1.807) is 0 Å². The average Bonchev–Trinajstić information content (AvgIpc) is 2.48. The first kappa shape index (κ1) is 9.29. The molecule has 72 valence electrons. The Morgan fingerprint density at radius 2 is 2.21 bits per heavy atom. The summed E-state index contributed by atoms with van der Waals surface area (Å²) >= 11 is 5.35. The number of hydrogen-bond donors (Lipinski definition) is 2. The third-order valence-electron chi connectivity index (χ3n) is 1.83. The van der Waals surface area contributed by atoms with Crippen molar-refractivity contribution < 1.29 is 10.0 Å². The molecule has 1 aromatic carbocycles. The standard InChI is InChI=1S/C8H5NO3S2/c10-5-3-14-7-2-4(9(11)12)1-6(13)8(5)7/h1-3,10,13H. The number of nitrogens with zero attached hydrogens (tertiary/aromatic N) is 1. The molecule has 6 heteroatoms. The van der Waals surface area contributed by atoms with Gasteiger partial charge in [-0.05, 0) is 0 Å². The molecular formula is C8H5NO3S2. The quantitative estimate of drug-likeness (QED) is 0.447. The molecule has 1 heterocycles. The maximum atomic E-state index is 10.5. The maximum Gasteiger partial charge on any atom is 0.271 e. The number of benzene rings is 1. The van der Waals surface area contributed by atoms with E-state index in [4.69, 9.17) is 0 Å². The van der Waals surface area contributed by atoms with Crippen molar-refractivity contribution in [3.63, 3.8) is 0 Å². The number of nitro benzene ring substituents is 1. The predicted molar refractivity (Wildman–Crippen MR) is 57.4 cm³/mol. The molecular weight excluding hydrogens is 222 g/mol. The van der Waals surface area contributed by atoms with E-state index in [0.717, 1.165) is 0 Å². The summed E-state index contributed by atoms with van der Waals surface area (Å²) in [6, 6.07) is 2.76. The van der Waals surface area contributed by atoms with E-state index in [0.29, 0.717) is 15.0 Å². The monoisotopic (exact) mass is 227 g/mol. The molecule has 0 aliphatic carbocycles. The second kappa shape index (κ2) is 3.14. The zero-order chi connectivity index (χ0) is 10.3. The van der Waals surface area contributed by atoms with Gasteiger partial charge in [0.1, 0.15) is 5.75 Å². The second-order valence-corrected chi connectivity index (χ2v) is 4.11. The van der Waals surface area contributed by atoms with Crippen molar-refractivity contribution in [3.8, 4) is 5.75 Å². The molecule has 0 amide bonds. The van der Waals surface area contributed by atoms with Crippen LogP contribution in [0.1, 0.15) is 0 Å². The van der Waals surface area contributed by atoms with Gasteiger partial charge < -0.3 is 5.11 Å². The SMILES string of the molecule is O=[N+]([O-])c1cc(S)c2c(O)csc2c1. The van der Waals surface area contributed by atoms with Gasteiger partial charge in [0.05, 0.1) is 4.92 Å². The summed E-state index contributed by atoms with van der Waals surface area (Å²) in [6.45, 7) is 0. The molecule has 0 radical (unpaired) electrons. The first-order chi connectivity index (χ1) is 6.59. The number of fused-ring (bicyclic) bond motifs is 1. The fourth-order valence-corrected chi connectivity index (χ4v) is 2.54. The van der Waals surface area contributed by atoms with Crippen LogP contribution in [0.4, 0.5) is 5.69 Å². The molecule has 0 aliphatic heterocycles. The number of non-ortho nitro benzene ring substituents is 1. The zero-order valence-electron chi connectivity index (χ0n) is 6.80. The highest BCUT2D eigenvalue weighted by molar-refractivity contribution is 7.80. The molecule has 0 spiro atoms. The van der Waals surface area contributed by atoms with Crippen LogP contribution in [0.25, 0.3) is 10.1 Å². The number of aromatic hydroxyl groups is 1. The fraction of sp³-hybridized carbons (Fsp3) is 0. The second-order valence-electron chi connectivity index (χ2n) is 2.72. The van der Waals surface area contributed by atoms with E-state index in [1.165, 1.54) is 28.8 Å². The normalized spacial score (nSPS) is 10.6. The van der Waals surface area contributed by atoms with Crippen LogP contribution < -0.4 is 0 Å². The Labute approximate surface area is 88.4 Å². The highest BCUT2D eigenvalue weighted by atomic mass is 32.1. The van der Waals surface area contributed by atoms with Crippen molar-refractivity contribution in [2.75, 3.05) is 0 Å². The molecule has 0 unspecified atom stereocenters. The van der Waals surface area contributed by atoms with E-state index in [-0.39, 0.29) is 11.4 Å². The van der Waals surface area contributed by atoms with Crippen LogP contribution in [0, 0.1) is 10.1 Å². The molecule has 0 bridgehead atoms. The molecule has 0 saturated heterocycles. The molecule has 0 fully saturated rings. The van der Waals surface area contributed by atoms with Crippen LogP contribution in [0.15, 0.2) is 22.4 Å². The molecule has 14 heavy (non-hydrogen) atoms. The predicted octanol–water partition coefficient (Wildman–Crippen LogP) is 2.80. The molecule has 0 saturated carbocycles. The van der Waals surface area contributed by atoms with Gasteiger partial charge in [-0.25, -0.2) is 0 Å². The number of rotatable bonds is 1. The Balaban J connectivity index is 2.80. The Morgan fingerprint density at radius 3 is 2.86 bits per heavy atom. The van der Waals surface area contributed by atoms with Crippen molar-refractivity contribution in [2.45, 2.75) is 4.90 Å². The van der Waals surface area contributed by atoms with Gasteiger partial charge in [-0.1, -0.05) is 0 Å². The Kier molecular flexibility index (Phi) is 2.09. The van der Waals surface area contributed by atoms with E-state index in [9.17, 15) is 15.2 Å². The van der Waals surface area contributed by atoms with Crippen molar-refractivity contribution in [3.05, 3.63) is 27.6 Å². The highest BCUT2D eigenvalue weighted by Gasteiger charge is 2.13. The lowest BCUT2D eigenvalue weighted by molar-refractivity contribution is -0.384. The van der Waals surface area contributed by atoms with Crippen molar-refractivity contribution in [2.24, 2.45) is 0 Å². The van der Waals surface area contributed by atoms with E-state index in [2.05, 4.69) is 12.6 Å². The summed E-state index contributed by atoms with van der Waals surface area (Å²) in [7, 11) is 0. The molecule has 0 aliphatic rings. The average molecular weight is 227 g/mol. The third-order valence-corrected chi connectivity index (χ3v) is 3.10. The minimum atomic E-state index is -0.476. The van der Waals surface area contributed by atoms with Gasteiger partial charge in [-0.2, -0.15) is 0 Å². The van der Waals surface area contributed by atoms with Crippen LogP contribution >= 0.6 is 24.0 Å². The lowest BCUT2D eigenvalue weighted by Gasteiger charge is -1.96. The third kappa shape index (κ3) is 1.32. The Hall–Kier alpha value is -1.27. The largest absolute Gasteiger partial charge is 0.506 e. The van der Waals surface area contributed by atoms with Crippen LogP contribution in [-0.4, -0.2) is 10.0 Å². The smallest absolute Gasteiger partial charge is 0.271 e. The summed E-state index contributed by atoms with van der Waals surface area (Å²) in [5.41, 5.74) is -0.00986. The van der Waals surface area contributed by atoms with Crippen LogP contribution in [0.2, 0.25) is 0 Å². The number of thiophene rings is 1. The van der Waals surface area contributed by atoms with Crippen LogP contribution in [0.5, 0.6) is 5.75 Å². The van der Waals surface area contributed by atoms with Crippen molar-refractivity contribution >= 4 is 39.7 Å². The summed E-state index contributed by atoms with van der Waals surface area (Å²) in [5, 5.41) is 22.0. The number of nitro groups is 1. The number of hydrogen-bond acceptors (Lipinski definition) is 5. The molecule has 2 aromatic rings. The van der Waals surface area contributed by atoms with Crippen molar-refractivity contribution in [1.29, 1.82) is 0 Å². The summed E-state index contributed by atoms with van der Waals surface area (Å²) < 4.78 is 0.668. The minimum absolute atomic E-state index is 0.00986. The molecule has 4 nitrogen and oxygen atoms in total. The Bertz CT molecular complexity index is 521. The van der Waals surface area contributed by atoms with Crippen molar-refractivity contribution in [1.82, 2.24) is 0 Å². The van der Waals surface area contributed by atoms with Crippen LogP contribution in [-0.2, 0) is 0 Å². The molecule has 1 aromatic heterocycles. The van der Waals surface area contributed by atoms with Gasteiger partial charge in [0, 0.05) is 32.5 Å². The van der Waals surface area contributed by atoms with E-state index < -0.39 is 4.92 Å². The summed E-state index contributed by atoms with van der Waals surface area (Å²) in [6.07, 6.45) is 0. The summed E-state index contributed by atoms with van der Waals surface area (Å²) in [4.78, 5) is 10.5. The fourth-order valence-electron chi connectivity index (χ4n) is 1.22. The highest BCUT2D eigenvalue weighted by Crippen LogP contribution is 2.38. The van der Waals surface area contributed by atoms with Gasteiger partial charge in [-0.15, -0.1) is 24.0 Å². The van der Waals surface area contributed by atoms with E-state index in [1.807, 2.05) is 0 Å². The number of thiol groups is 1. The Morgan fingerprint density at radius 1 is 1.50 bits per heavy atom. The minimum Gasteiger partial charge on any atom is -0.506 e. The molecule has 0 atom stereocenters. The van der Waals surface area contributed by atoms with E-state index >= 15 is 0 Å². The lowest BCUT2D eigenvalue weighted by atomic mass is 10.2. The first-order valence-corrected chi connectivity index (χ1v) is 5.00.